The second-order valence-electron chi connectivity index (χ2n) is 15.1. The van der Waals surface area contributed by atoms with Crippen LogP contribution in [-0.2, 0) is 0 Å². The average molecular weight is 766 g/mol. The van der Waals surface area contributed by atoms with Crippen molar-refractivity contribution in [3.05, 3.63) is 164 Å². The lowest BCUT2D eigenvalue weighted by Gasteiger charge is -2.21. The average Bonchev–Trinajstić information content (AvgIpc) is 3.85. The van der Waals surface area contributed by atoms with Crippen LogP contribution in [0.3, 0.4) is 0 Å². The Kier molecular flexibility index (Phi) is 8.71. The van der Waals surface area contributed by atoms with Crippen LogP contribution >= 0.6 is 0 Å². The van der Waals surface area contributed by atoms with Gasteiger partial charge in [0.25, 0.3) is 0 Å². The molecule has 0 amide bonds. The maximum Gasteiger partial charge on any atom is 0.164 e. The van der Waals surface area contributed by atoms with Gasteiger partial charge in [-0.3, -0.25) is 0 Å². The van der Waals surface area contributed by atoms with Gasteiger partial charge < -0.3 is 8.98 Å². The van der Waals surface area contributed by atoms with Crippen LogP contribution in [-0.4, -0.2) is 58.8 Å². The van der Waals surface area contributed by atoms with Gasteiger partial charge in [-0.15, -0.1) is 16.4 Å². The van der Waals surface area contributed by atoms with E-state index in [1.807, 2.05) is 78.9 Å². The van der Waals surface area contributed by atoms with Crippen LogP contribution < -0.4 is 27.3 Å². The van der Waals surface area contributed by atoms with Gasteiger partial charge in [0.1, 0.15) is 50.4 Å². The Bertz CT molecular complexity index is 3520. The number of aromatic nitrogens is 4. The van der Waals surface area contributed by atoms with Crippen LogP contribution in [0.25, 0.3) is 106 Å². The van der Waals surface area contributed by atoms with Crippen molar-refractivity contribution >= 4 is 110 Å². The molecule has 3 aromatic heterocycles. The summed E-state index contributed by atoms with van der Waals surface area (Å²) in [4.78, 5) is 14.9. The van der Waals surface area contributed by atoms with E-state index in [-0.39, 0.29) is 27.3 Å². The molecule has 0 saturated carbocycles. The smallest absolute Gasteiger partial charge is 0.164 e. The van der Waals surface area contributed by atoms with Gasteiger partial charge in [-0.25, -0.2) is 15.0 Å². The molecule has 0 unspecified atom stereocenters. The minimum atomic E-state index is 0.160. The van der Waals surface area contributed by atoms with Gasteiger partial charge in [-0.2, -0.15) is 0 Å². The Morgan fingerprint density at radius 2 is 0.885 bits per heavy atom. The Labute approximate surface area is 358 Å². The highest BCUT2D eigenvalue weighted by molar-refractivity contribution is 6.68. The summed E-state index contributed by atoms with van der Waals surface area (Å²) >= 11 is 0. The molecule has 0 saturated heterocycles. The van der Waals surface area contributed by atoms with E-state index in [0.717, 1.165) is 55.4 Å². The summed E-state index contributed by atoms with van der Waals surface area (Å²) in [6.45, 7) is 0. The summed E-state index contributed by atoms with van der Waals surface area (Å²) < 4.78 is 8.83. The van der Waals surface area contributed by atoms with E-state index < -0.39 is 0 Å². The number of para-hydroxylation sites is 2. The number of benzene rings is 8. The Morgan fingerprint density at radius 3 is 1.62 bits per heavy atom. The van der Waals surface area contributed by atoms with Crippen LogP contribution in [0.4, 0.5) is 0 Å². The monoisotopic (exact) mass is 766 g/mol. The molecule has 0 atom stereocenters. The SMILES string of the molecule is [B]c1c([B])c([B])c(-c2cccc(-c3nc(-c4ccccc4)nc(-c4ccc5c(c4)oc4ccc(-c6ccc7c(c6)c6ccccc6n7-c6ccccc6)cc45)n3)c2)c([B])c1[B]. The van der Waals surface area contributed by atoms with Gasteiger partial charge in [0, 0.05) is 43.9 Å². The molecule has 0 fully saturated rings. The number of hydrogen-bond donors (Lipinski definition) is 0. The molecular weight excluding hydrogens is 739 g/mol. The number of rotatable bonds is 6. The summed E-state index contributed by atoms with van der Waals surface area (Å²) in [7, 11) is 31.5. The summed E-state index contributed by atoms with van der Waals surface area (Å²) in [6.07, 6.45) is 0. The van der Waals surface area contributed by atoms with Crippen molar-refractivity contribution in [3.63, 3.8) is 0 Å². The third kappa shape index (κ3) is 6.12. The van der Waals surface area contributed by atoms with Gasteiger partial charge in [-0.1, -0.05) is 114 Å². The highest BCUT2D eigenvalue weighted by Crippen LogP contribution is 2.38. The van der Waals surface area contributed by atoms with E-state index >= 15 is 0 Å². The van der Waals surface area contributed by atoms with Crippen LogP contribution in [0.15, 0.2) is 168 Å². The predicted octanol–water partition coefficient (Wildman–Crippen LogP) is 7.17. The summed E-state index contributed by atoms with van der Waals surface area (Å²) in [5.41, 5.74) is 11.8. The van der Waals surface area contributed by atoms with Crippen LogP contribution in [0.2, 0.25) is 0 Å². The second-order valence-corrected chi connectivity index (χ2v) is 15.1. The topological polar surface area (TPSA) is 56.7 Å². The summed E-state index contributed by atoms with van der Waals surface area (Å²) in [5, 5.41) is 4.42. The molecular formula is C51H27B5N4O. The number of hydrogen-bond acceptors (Lipinski definition) is 4. The largest absolute Gasteiger partial charge is 0.456 e. The van der Waals surface area contributed by atoms with Crippen molar-refractivity contribution in [1.82, 2.24) is 19.5 Å². The van der Waals surface area contributed by atoms with Gasteiger partial charge in [0.2, 0.25) is 0 Å². The fourth-order valence-corrected chi connectivity index (χ4v) is 8.43. The van der Waals surface area contributed by atoms with E-state index in [4.69, 9.17) is 58.6 Å². The van der Waals surface area contributed by atoms with E-state index in [0.29, 0.717) is 34.2 Å². The third-order valence-electron chi connectivity index (χ3n) is 11.5. The number of nitrogens with zero attached hydrogens (tertiary/aromatic N) is 4. The Hall–Kier alpha value is -7.31. The highest BCUT2D eigenvalue weighted by Gasteiger charge is 2.18. The van der Waals surface area contributed by atoms with E-state index in [9.17, 15) is 0 Å². The number of furan rings is 1. The Balaban J connectivity index is 1.00. The molecule has 272 valence electrons. The molecule has 0 aliphatic rings. The number of fused-ring (bicyclic) bond motifs is 6. The zero-order valence-electron chi connectivity index (χ0n) is 32.7. The van der Waals surface area contributed by atoms with Crippen molar-refractivity contribution in [1.29, 1.82) is 0 Å². The molecule has 11 aromatic rings. The van der Waals surface area contributed by atoms with Crippen molar-refractivity contribution in [3.8, 4) is 62.1 Å². The summed E-state index contributed by atoms with van der Waals surface area (Å²) in [5.74, 6) is 1.46. The fraction of sp³-hybridized carbons (Fsp3) is 0. The minimum absolute atomic E-state index is 0.160. The van der Waals surface area contributed by atoms with Gasteiger partial charge >= 0.3 is 0 Å². The van der Waals surface area contributed by atoms with Crippen molar-refractivity contribution in [2.45, 2.75) is 0 Å². The van der Waals surface area contributed by atoms with Crippen LogP contribution in [0.5, 0.6) is 0 Å². The van der Waals surface area contributed by atoms with Crippen LogP contribution in [0.1, 0.15) is 0 Å². The van der Waals surface area contributed by atoms with Crippen molar-refractivity contribution in [2.24, 2.45) is 0 Å². The molecule has 0 bridgehead atoms. The molecule has 3 heterocycles. The lowest BCUT2D eigenvalue weighted by atomic mass is 9.59. The fourth-order valence-electron chi connectivity index (χ4n) is 8.43. The second kappa shape index (κ2) is 14.5. The van der Waals surface area contributed by atoms with Crippen molar-refractivity contribution < 1.29 is 4.42 Å². The van der Waals surface area contributed by atoms with Gasteiger partial charge in [0.15, 0.2) is 17.5 Å². The first-order valence-electron chi connectivity index (χ1n) is 19.8. The molecule has 0 aliphatic heterocycles. The van der Waals surface area contributed by atoms with Crippen molar-refractivity contribution in [2.75, 3.05) is 0 Å². The molecule has 0 aliphatic carbocycles. The lowest BCUT2D eigenvalue weighted by Crippen LogP contribution is -2.55. The van der Waals surface area contributed by atoms with E-state index in [1.54, 1.807) is 0 Å². The van der Waals surface area contributed by atoms with Crippen LogP contribution in [0, 0.1) is 0 Å². The molecule has 61 heavy (non-hydrogen) atoms. The van der Waals surface area contributed by atoms with Gasteiger partial charge in [-0.05, 0) is 82.9 Å². The zero-order chi connectivity index (χ0) is 41.4. The highest BCUT2D eigenvalue weighted by atomic mass is 16.3. The first kappa shape index (κ1) is 36.8. The quantitative estimate of drug-likeness (QED) is 0.169. The summed E-state index contributed by atoms with van der Waals surface area (Å²) in [6, 6.07) is 55.7. The molecule has 8 aromatic carbocycles. The Morgan fingerprint density at radius 1 is 0.344 bits per heavy atom. The van der Waals surface area contributed by atoms with E-state index in [1.165, 1.54) is 16.3 Å². The minimum Gasteiger partial charge on any atom is -0.456 e. The molecule has 11 rings (SSSR count). The standard InChI is InChI=1S/C51H27B5N4O/c52-44-43(45(53)47(55)48(56)46(44)54)31-12-9-13-32(24-31)50-57-49(28-10-3-1-4-11-28)58-51(59-50)33-18-21-36-38-26-30(20-23-41(38)61-42(36)27-33)29-19-22-40-37(25-29)35-16-7-8-17-39(35)60(40)34-14-5-2-6-15-34/h1-27H. The maximum absolute atomic E-state index is 6.50. The zero-order valence-corrected chi connectivity index (χ0v) is 32.7. The molecule has 0 N–H and O–H groups in total. The van der Waals surface area contributed by atoms with E-state index in [2.05, 4.69) is 89.5 Å². The first-order valence-corrected chi connectivity index (χ1v) is 19.8. The molecule has 0 spiro atoms. The predicted molar refractivity (Wildman–Crippen MR) is 256 cm³/mol. The lowest BCUT2D eigenvalue weighted by molar-refractivity contribution is 0.669. The first-order chi connectivity index (χ1) is 29.8. The normalized spacial score (nSPS) is 11.6. The third-order valence-corrected chi connectivity index (χ3v) is 11.5. The maximum atomic E-state index is 6.50. The molecule has 10 heteroatoms. The molecule has 10 radical (unpaired) electrons. The van der Waals surface area contributed by atoms with Gasteiger partial charge in [0.05, 0.1) is 11.0 Å². The molecule has 5 nitrogen and oxygen atoms in total.